The molecule has 3 heteroatoms. The standard InChI is InChI=1S/C14H27N3/c1-15-14(17-11-13-8-9-13)16-10-4-7-12-5-2-3-6-12/h12-13H,2-11H2,1H3,(H2,15,16,17). The van der Waals surface area contributed by atoms with Gasteiger partial charge < -0.3 is 10.6 Å². The quantitative estimate of drug-likeness (QED) is 0.423. The number of nitrogens with one attached hydrogen (secondary N) is 2. The molecule has 98 valence electrons. The number of nitrogens with zero attached hydrogens (tertiary/aromatic N) is 1. The van der Waals surface area contributed by atoms with Gasteiger partial charge in [0.25, 0.3) is 0 Å². The van der Waals surface area contributed by atoms with Gasteiger partial charge in [0.15, 0.2) is 5.96 Å². The summed E-state index contributed by atoms with van der Waals surface area (Å²) in [5, 5.41) is 6.81. The van der Waals surface area contributed by atoms with Gasteiger partial charge in [0.2, 0.25) is 0 Å². The molecule has 0 unspecified atom stereocenters. The maximum absolute atomic E-state index is 4.25. The highest BCUT2D eigenvalue weighted by atomic mass is 15.2. The van der Waals surface area contributed by atoms with Crippen LogP contribution in [0.3, 0.4) is 0 Å². The molecule has 0 bridgehead atoms. The summed E-state index contributed by atoms with van der Waals surface area (Å²) >= 11 is 0. The second-order valence-electron chi connectivity index (χ2n) is 5.62. The van der Waals surface area contributed by atoms with Crippen LogP contribution in [-0.2, 0) is 0 Å². The Morgan fingerprint density at radius 1 is 1.06 bits per heavy atom. The molecular weight excluding hydrogens is 210 g/mol. The van der Waals surface area contributed by atoms with E-state index in [0.29, 0.717) is 0 Å². The van der Waals surface area contributed by atoms with Gasteiger partial charge in [0.1, 0.15) is 0 Å². The van der Waals surface area contributed by atoms with Crippen LogP contribution in [0.5, 0.6) is 0 Å². The van der Waals surface area contributed by atoms with E-state index in [9.17, 15) is 0 Å². The van der Waals surface area contributed by atoms with Crippen LogP contribution in [0.25, 0.3) is 0 Å². The van der Waals surface area contributed by atoms with Crippen molar-refractivity contribution in [2.45, 2.75) is 51.4 Å². The molecule has 17 heavy (non-hydrogen) atoms. The molecule has 2 aliphatic rings. The molecule has 2 fully saturated rings. The van der Waals surface area contributed by atoms with Crippen LogP contribution in [0, 0.1) is 11.8 Å². The summed E-state index contributed by atoms with van der Waals surface area (Å²) in [7, 11) is 1.86. The Bertz CT molecular complexity index is 240. The minimum absolute atomic E-state index is 0.909. The average molecular weight is 237 g/mol. The molecule has 0 amide bonds. The topological polar surface area (TPSA) is 36.4 Å². The van der Waals surface area contributed by atoms with Crippen molar-refractivity contribution in [3.05, 3.63) is 0 Å². The predicted molar refractivity (Wildman–Crippen MR) is 73.3 cm³/mol. The molecule has 0 aromatic rings. The maximum Gasteiger partial charge on any atom is 0.190 e. The van der Waals surface area contributed by atoms with E-state index in [1.807, 2.05) is 7.05 Å². The summed E-state index contributed by atoms with van der Waals surface area (Å²) < 4.78 is 0. The first-order chi connectivity index (χ1) is 8.38. The van der Waals surface area contributed by atoms with E-state index in [-0.39, 0.29) is 0 Å². The first-order valence-electron chi connectivity index (χ1n) is 7.33. The fourth-order valence-electron chi connectivity index (χ4n) is 2.68. The van der Waals surface area contributed by atoms with Crippen molar-refractivity contribution in [1.82, 2.24) is 10.6 Å². The van der Waals surface area contributed by atoms with E-state index in [2.05, 4.69) is 15.6 Å². The number of hydrogen-bond donors (Lipinski definition) is 2. The van der Waals surface area contributed by atoms with Gasteiger partial charge in [-0.25, -0.2) is 0 Å². The lowest BCUT2D eigenvalue weighted by atomic mass is 10.0. The van der Waals surface area contributed by atoms with E-state index in [4.69, 9.17) is 0 Å². The van der Waals surface area contributed by atoms with Crippen molar-refractivity contribution in [2.24, 2.45) is 16.8 Å². The van der Waals surface area contributed by atoms with Gasteiger partial charge in [-0.3, -0.25) is 4.99 Å². The summed E-state index contributed by atoms with van der Waals surface area (Å²) in [6.45, 7) is 2.17. The molecule has 2 aliphatic carbocycles. The molecule has 2 N–H and O–H groups in total. The van der Waals surface area contributed by atoms with Gasteiger partial charge in [-0.1, -0.05) is 25.7 Å². The third-order valence-electron chi connectivity index (χ3n) is 4.04. The van der Waals surface area contributed by atoms with Gasteiger partial charge in [0, 0.05) is 20.1 Å². The Labute approximate surface area is 105 Å². The molecule has 0 atom stereocenters. The molecule has 0 saturated heterocycles. The van der Waals surface area contributed by atoms with Crippen LogP contribution in [0.15, 0.2) is 4.99 Å². The lowest BCUT2D eigenvalue weighted by molar-refractivity contribution is 0.481. The molecule has 0 spiro atoms. The molecule has 0 aliphatic heterocycles. The molecule has 0 radical (unpaired) electrons. The van der Waals surface area contributed by atoms with Crippen molar-refractivity contribution in [3.63, 3.8) is 0 Å². The Balaban J connectivity index is 1.49. The second kappa shape index (κ2) is 6.87. The zero-order valence-electron chi connectivity index (χ0n) is 11.2. The monoisotopic (exact) mass is 237 g/mol. The highest BCUT2D eigenvalue weighted by Crippen LogP contribution is 2.28. The number of rotatable bonds is 6. The van der Waals surface area contributed by atoms with Crippen LogP contribution in [0.2, 0.25) is 0 Å². The zero-order chi connectivity index (χ0) is 11.9. The molecule has 2 saturated carbocycles. The van der Waals surface area contributed by atoms with E-state index >= 15 is 0 Å². The van der Waals surface area contributed by atoms with E-state index in [1.165, 1.54) is 51.4 Å². The first kappa shape index (κ1) is 12.7. The lowest BCUT2D eigenvalue weighted by Gasteiger charge is -2.13. The summed E-state index contributed by atoms with van der Waals surface area (Å²) in [4.78, 5) is 4.25. The molecule has 0 aromatic carbocycles. The third-order valence-corrected chi connectivity index (χ3v) is 4.04. The lowest BCUT2D eigenvalue weighted by Crippen LogP contribution is -2.38. The van der Waals surface area contributed by atoms with Crippen molar-refractivity contribution in [1.29, 1.82) is 0 Å². The fourth-order valence-corrected chi connectivity index (χ4v) is 2.68. The summed E-state index contributed by atoms with van der Waals surface area (Å²) in [6.07, 6.45) is 11.3. The zero-order valence-corrected chi connectivity index (χ0v) is 11.2. The first-order valence-corrected chi connectivity index (χ1v) is 7.33. The summed E-state index contributed by atoms with van der Waals surface area (Å²) in [5.41, 5.74) is 0. The van der Waals surface area contributed by atoms with E-state index in [1.54, 1.807) is 0 Å². The van der Waals surface area contributed by atoms with Gasteiger partial charge in [-0.15, -0.1) is 0 Å². The number of aliphatic imine (C=N–C) groups is 1. The predicted octanol–water partition coefficient (Wildman–Crippen LogP) is 2.53. The van der Waals surface area contributed by atoms with Crippen molar-refractivity contribution < 1.29 is 0 Å². The van der Waals surface area contributed by atoms with Crippen molar-refractivity contribution in [2.75, 3.05) is 20.1 Å². The van der Waals surface area contributed by atoms with Crippen LogP contribution in [-0.4, -0.2) is 26.1 Å². The Morgan fingerprint density at radius 3 is 2.47 bits per heavy atom. The number of guanidine groups is 1. The minimum atomic E-state index is 0.909. The molecular formula is C14H27N3. The van der Waals surface area contributed by atoms with Crippen molar-refractivity contribution >= 4 is 5.96 Å². The van der Waals surface area contributed by atoms with Crippen LogP contribution >= 0.6 is 0 Å². The fraction of sp³-hybridized carbons (Fsp3) is 0.929. The summed E-state index contributed by atoms with van der Waals surface area (Å²) in [5.74, 6) is 2.91. The number of hydrogen-bond acceptors (Lipinski definition) is 1. The smallest absolute Gasteiger partial charge is 0.190 e. The average Bonchev–Trinajstić information content (AvgIpc) is 3.03. The van der Waals surface area contributed by atoms with Gasteiger partial charge in [-0.05, 0) is 37.5 Å². The van der Waals surface area contributed by atoms with Gasteiger partial charge >= 0.3 is 0 Å². The Morgan fingerprint density at radius 2 is 1.82 bits per heavy atom. The second-order valence-corrected chi connectivity index (χ2v) is 5.62. The molecule has 0 aromatic heterocycles. The van der Waals surface area contributed by atoms with Crippen molar-refractivity contribution in [3.8, 4) is 0 Å². The largest absolute Gasteiger partial charge is 0.356 e. The SMILES string of the molecule is CN=C(NCCCC1CCCC1)NCC1CC1. The highest BCUT2D eigenvalue weighted by Gasteiger charge is 2.21. The highest BCUT2D eigenvalue weighted by molar-refractivity contribution is 5.79. The molecule has 3 nitrogen and oxygen atoms in total. The van der Waals surface area contributed by atoms with E-state index < -0.39 is 0 Å². The normalized spacial score (nSPS) is 21.8. The van der Waals surface area contributed by atoms with Crippen LogP contribution < -0.4 is 10.6 Å². The van der Waals surface area contributed by atoms with E-state index in [0.717, 1.165) is 30.9 Å². The third kappa shape index (κ3) is 4.97. The summed E-state index contributed by atoms with van der Waals surface area (Å²) in [6, 6.07) is 0. The Kier molecular flexibility index (Phi) is 5.14. The van der Waals surface area contributed by atoms with Crippen LogP contribution in [0.4, 0.5) is 0 Å². The van der Waals surface area contributed by atoms with Gasteiger partial charge in [0.05, 0.1) is 0 Å². The maximum atomic E-state index is 4.25. The molecule has 2 rings (SSSR count). The van der Waals surface area contributed by atoms with Gasteiger partial charge in [-0.2, -0.15) is 0 Å². The molecule has 0 heterocycles. The Hall–Kier alpha value is -0.730. The van der Waals surface area contributed by atoms with Crippen LogP contribution in [0.1, 0.15) is 51.4 Å². The minimum Gasteiger partial charge on any atom is -0.356 e.